The zero-order valence-electron chi connectivity index (χ0n) is 10.6. The van der Waals surface area contributed by atoms with E-state index in [1.165, 1.54) is 6.92 Å². The van der Waals surface area contributed by atoms with Gasteiger partial charge in [0.05, 0.1) is 16.6 Å². The smallest absolute Gasteiger partial charge is 0.338 e. The van der Waals surface area contributed by atoms with Crippen molar-refractivity contribution in [2.24, 2.45) is 0 Å². The van der Waals surface area contributed by atoms with Crippen molar-refractivity contribution in [3.05, 3.63) is 51.6 Å². The summed E-state index contributed by atoms with van der Waals surface area (Å²) < 4.78 is 18.8. The van der Waals surface area contributed by atoms with Crippen LogP contribution in [-0.2, 0) is 0 Å². The summed E-state index contributed by atoms with van der Waals surface area (Å²) in [6, 6.07) is 1.60. The number of nitro groups is 1. The molecule has 0 spiro atoms. The Morgan fingerprint density at radius 2 is 2.00 bits per heavy atom. The van der Waals surface area contributed by atoms with E-state index in [2.05, 4.69) is 9.97 Å². The highest BCUT2D eigenvalue weighted by Crippen LogP contribution is 2.29. The first kappa shape index (κ1) is 14.3. The van der Waals surface area contributed by atoms with Gasteiger partial charge in [0.1, 0.15) is 0 Å². The molecule has 0 aliphatic heterocycles. The maximum Gasteiger partial charge on any atom is 0.338 e. The molecule has 0 aliphatic carbocycles. The summed E-state index contributed by atoms with van der Waals surface area (Å²) in [6.45, 7) is 1.43. The number of benzene rings is 1. The molecule has 0 fully saturated rings. The number of halogens is 1. The first-order chi connectivity index (χ1) is 9.88. The molecule has 1 N–H and O–H groups in total. The second kappa shape index (κ2) is 5.49. The van der Waals surface area contributed by atoms with E-state index in [-0.39, 0.29) is 28.6 Å². The van der Waals surface area contributed by atoms with Gasteiger partial charge in [-0.25, -0.2) is 19.2 Å². The highest BCUT2D eigenvalue weighted by Gasteiger charge is 2.17. The number of nitrogens with zero attached hydrogens (tertiary/aromatic N) is 3. The van der Waals surface area contributed by atoms with Crippen molar-refractivity contribution in [1.82, 2.24) is 9.97 Å². The molecule has 2 rings (SSSR count). The van der Waals surface area contributed by atoms with Crippen LogP contribution >= 0.6 is 0 Å². The van der Waals surface area contributed by atoms with Crippen LogP contribution < -0.4 is 4.74 Å². The number of nitro benzene ring substituents is 1. The van der Waals surface area contributed by atoms with Gasteiger partial charge in [-0.1, -0.05) is 0 Å². The number of ether oxygens (including phenoxy) is 1. The van der Waals surface area contributed by atoms with E-state index in [0.29, 0.717) is 0 Å². The van der Waals surface area contributed by atoms with Crippen molar-refractivity contribution < 1.29 is 24.0 Å². The zero-order chi connectivity index (χ0) is 15.6. The van der Waals surface area contributed by atoms with Gasteiger partial charge in [0, 0.05) is 18.0 Å². The second-order valence-corrected chi connectivity index (χ2v) is 3.99. The van der Waals surface area contributed by atoms with Crippen LogP contribution in [0.2, 0.25) is 0 Å². The highest BCUT2D eigenvalue weighted by molar-refractivity contribution is 5.86. The Morgan fingerprint density at radius 3 is 2.52 bits per heavy atom. The number of hydrogen-bond acceptors (Lipinski definition) is 6. The van der Waals surface area contributed by atoms with E-state index in [1.54, 1.807) is 0 Å². The lowest BCUT2D eigenvalue weighted by Crippen LogP contribution is -2.01. The van der Waals surface area contributed by atoms with Crippen molar-refractivity contribution in [2.75, 3.05) is 0 Å². The van der Waals surface area contributed by atoms with E-state index in [0.717, 1.165) is 24.5 Å². The molecule has 0 saturated carbocycles. The molecule has 108 valence electrons. The Labute approximate surface area is 117 Å². The molecule has 8 nitrogen and oxygen atoms in total. The first-order valence-electron chi connectivity index (χ1n) is 5.56. The molecule has 21 heavy (non-hydrogen) atoms. The number of carbonyl (C=O) groups is 1. The Morgan fingerprint density at radius 1 is 1.38 bits per heavy atom. The van der Waals surface area contributed by atoms with Crippen molar-refractivity contribution in [2.45, 2.75) is 6.92 Å². The number of aryl methyl sites for hydroxylation is 1. The van der Waals surface area contributed by atoms with Crippen LogP contribution in [-0.4, -0.2) is 26.0 Å². The van der Waals surface area contributed by atoms with Gasteiger partial charge in [-0.2, -0.15) is 0 Å². The fraction of sp³-hybridized carbons (Fsp3) is 0.0833. The molecular weight excluding hydrogens is 285 g/mol. The molecule has 0 bridgehead atoms. The standard InChI is InChI=1S/C12H8FN3O5/c1-6-2-10(8(13)3-9(6)16(19)20)21-12-14-4-7(5-15-12)11(17)18/h2-5H,1H3,(H,17,18). The van der Waals surface area contributed by atoms with E-state index < -0.39 is 16.7 Å². The van der Waals surface area contributed by atoms with Crippen molar-refractivity contribution in [3.63, 3.8) is 0 Å². The average molecular weight is 293 g/mol. The molecule has 0 saturated heterocycles. The molecule has 1 aromatic carbocycles. The largest absolute Gasteiger partial charge is 0.478 e. The lowest BCUT2D eigenvalue weighted by molar-refractivity contribution is -0.385. The highest BCUT2D eigenvalue weighted by atomic mass is 19.1. The Bertz CT molecular complexity index is 718. The minimum Gasteiger partial charge on any atom is -0.478 e. The monoisotopic (exact) mass is 293 g/mol. The van der Waals surface area contributed by atoms with Crippen LogP contribution in [0.5, 0.6) is 11.8 Å². The predicted molar refractivity (Wildman–Crippen MR) is 66.9 cm³/mol. The lowest BCUT2D eigenvalue weighted by atomic mass is 10.2. The van der Waals surface area contributed by atoms with Crippen molar-refractivity contribution in [3.8, 4) is 11.8 Å². The summed E-state index contributed by atoms with van der Waals surface area (Å²) in [5.74, 6) is -2.45. The summed E-state index contributed by atoms with van der Waals surface area (Å²) in [5, 5.41) is 19.3. The van der Waals surface area contributed by atoms with E-state index in [1.807, 2.05) is 0 Å². The fourth-order valence-corrected chi connectivity index (χ4v) is 1.50. The van der Waals surface area contributed by atoms with E-state index >= 15 is 0 Å². The van der Waals surface area contributed by atoms with Gasteiger partial charge in [0.25, 0.3) is 5.69 Å². The molecule has 0 radical (unpaired) electrons. The molecule has 0 aliphatic rings. The van der Waals surface area contributed by atoms with Crippen molar-refractivity contribution in [1.29, 1.82) is 0 Å². The third kappa shape index (κ3) is 3.08. The Kier molecular flexibility index (Phi) is 3.74. The van der Waals surface area contributed by atoms with Gasteiger partial charge < -0.3 is 9.84 Å². The normalized spacial score (nSPS) is 10.2. The molecular formula is C12H8FN3O5. The van der Waals surface area contributed by atoms with Crippen LogP contribution in [0, 0.1) is 22.9 Å². The summed E-state index contributed by atoms with van der Waals surface area (Å²) in [5.41, 5.74) is -0.316. The van der Waals surface area contributed by atoms with Gasteiger partial charge in [-0.15, -0.1) is 0 Å². The number of aromatic carboxylic acids is 1. The molecule has 1 heterocycles. The van der Waals surface area contributed by atoms with E-state index in [9.17, 15) is 19.3 Å². The number of hydrogen-bond donors (Lipinski definition) is 1. The number of rotatable bonds is 4. The Hall–Kier alpha value is -3.10. The van der Waals surface area contributed by atoms with E-state index in [4.69, 9.17) is 9.84 Å². The van der Waals surface area contributed by atoms with Gasteiger partial charge in [-0.05, 0) is 13.0 Å². The van der Waals surface area contributed by atoms with Crippen LogP contribution in [0.4, 0.5) is 10.1 Å². The topological polar surface area (TPSA) is 115 Å². The summed E-state index contributed by atoms with van der Waals surface area (Å²) in [7, 11) is 0. The molecule has 0 unspecified atom stereocenters. The van der Waals surface area contributed by atoms with Crippen LogP contribution in [0.15, 0.2) is 24.5 Å². The summed E-state index contributed by atoms with van der Waals surface area (Å²) >= 11 is 0. The molecule has 9 heteroatoms. The van der Waals surface area contributed by atoms with Gasteiger partial charge in [0.15, 0.2) is 11.6 Å². The van der Waals surface area contributed by atoms with Crippen LogP contribution in [0.3, 0.4) is 0 Å². The van der Waals surface area contributed by atoms with Gasteiger partial charge in [0.2, 0.25) is 0 Å². The Balaban J connectivity index is 2.29. The van der Waals surface area contributed by atoms with Crippen LogP contribution in [0.25, 0.3) is 0 Å². The number of carboxylic acids is 1. The predicted octanol–water partition coefficient (Wildman–Crippen LogP) is 2.32. The number of carboxylic acid groups (broad SMARTS) is 1. The molecule has 2 aromatic rings. The summed E-state index contributed by atoms with van der Waals surface area (Å²) in [6.07, 6.45) is 2.00. The van der Waals surface area contributed by atoms with Crippen molar-refractivity contribution >= 4 is 11.7 Å². The third-order valence-electron chi connectivity index (χ3n) is 2.52. The third-order valence-corrected chi connectivity index (χ3v) is 2.52. The number of aromatic nitrogens is 2. The maximum absolute atomic E-state index is 13.7. The van der Waals surface area contributed by atoms with Crippen LogP contribution in [0.1, 0.15) is 15.9 Å². The zero-order valence-corrected chi connectivity index (χ0v) is 10.6. The minimum atomic E-state index is -1.21. The SMILES string of the molecule is Cc1cc(Oc2ncc(C(=O)O)cn2)c(F)cc1[N+](=O)[O-]. The molecule has 0 amide bonds. The van der Waals surface area contributed by atoms with Gasteiger partial charge >= 0.3 is 12.0 Å². The minimum absolute atomic E-state index is 0.150. The quantitative estimate of drug-likeness (QED) is 0.679. The first-order valence-corrected chi connectivity index (χ1v) is 5.56. The second-order valence-electron chi connectivity index (χ2n) is 3.99. The molecule has 0 atom stereocenters. The lowest BCUT2D eigenvalue weighted by Gasteiger charge is -2.06. The fourth-order valence-electron chi connectivity index (χ4n) is 1.50. The summed E-state index contributed by atoms with van der Waals surface area (Å²) in [4.78, 5) is 27.8. The maximum atomic E-state index is 13.7. The average Bonchev–Trinajstić information content (AvgIpc) is 2.42. The van der Waals surface area contributed by atoms with Gasteiger partial charge in [-0.3, -0.25) is 10.1 Å². The molecule has 1 aromatic heterocycles.